The van der Waals surface area contributed by atoms with Crippen LogP contribution in [-0.2, 0) is 4.79 Å². The molecule has 1 aromatic rings. The van der Waals surface area contributed by atoms with E-state index < -0.39 is 12.2 Å². The van der Waals surface area contributed by atoms with Crippen LogP contribution in [0, 0.1) is 12.8 Å². The molecule has 0 saturated heterocycles. The number of aryl methyl sites for hydroxylation is 1. The summed E-state index contributed by atoms with van der Waals surface area (Å²) in [5.41, 5.74) is 1.14. The van der Waals surface area contributed by atoms with Gasteiger partial charge in [0.2, 0.25) is 0 Å². The van der Waals surface area contributed by atoms with Gasteiger partial charge in [-0.05, 0) is 31.9 Å². The van der Waals surface area contributed by atoms with Crippen molar-refractivity contribution < 1.29 is 14.6 Å². The SMILES string of the molecule is Cc1ccc(OC(C)C(=O)NCC(O)C(C)C)cc1. The van der Waals surface area contributed by atoms with Gasteiger partial charge in [-0.1, -0.05) is 31.5 Å². The lowest BCUT2D eigenvalue weighted by molar-refractivity contribution is -0.127. The van der Waals surface area contributed by atoms with Gasteiger partial charge in [-0.2, -0.15) is 0 Å². The van der Waals surface area contributed by atoms with Gasteiger partial charge in [-0.3, -0.25) is 4.79 Å². The minimum absolute atomic E-state index is 0.119. The smallest absolute Gasteiger partial charge is 0.260 e. The number of ether oxygens (including phenoxy) is 1. The van der Waals surface area contributed by atoms with Gasteiger partial charge in [0, 0.05) is 6.54 Å². The summed E-state index contributed by atoms with van der Waals surface area (Å²) < 4.78 is 5.53. The molecule has 0 radical (unpaired) electrons. The Morgan fingerprint density at radius 3 is 2.37 bits per heavy atom. The lowest BCUT2D eigenvalue weighted by Crippen LogP contribution is -2.41. The molecule has 0 aromatic heterocycles. The second kappa shape index (κ2) is 7.14. The standard InChI is InChI=1S/C15H23NO3/c1-10(2)14(17)9-16-15(18)12(4)19-13-7-5-11(3)6-8-13/h5-8,10,12,14,17H,9H2,1-4H3,(H,16,18). The van der Waals surface area contributed by atoms with Crippen molar-refractivity contribution in [2.75, 3.05) is 6.54 Å². The number of aliphatic hydroxyl groups is 1. The number of benzene rings is 1. The van der Waals surface area contributed by atoms with Crippen molar-refractivity contribution in [1.82, 2.24) is 5.32 Å². The zero-order valence-corrected chi connectivity index (χ0v) is 12.0. The van der Waals surface area contributed by atoms with Gasteiger partial charge in [-0.25, -0.2) is 0 Å². The number of hydrogen-bond donors (Lipinski definition) is 2. The van der Waals surface area contributed by atoms with Crippen LogP contribution in [0.15, 0.2) is 24.3 Å². The maximum absolute atomic E-state index is 11.8. The molecule has 1 rings (SSSR count). The van der Waals surface area contributed by atoms with Gasteiger partial charge in [0.15, 0.2) is 6.10 Å². The molecule has 0 spiro atoms. The number of carbonyl (C=O) groups excluding carboxylic acids is 1. The number of nitrogens with one attached hydrogen (secondary N) is 1. The summed E-state index contributed by atoms with van der Waals surface area (Å²) in [5, 5.41) is 12.3. The van der Waals surface area contributed by atoms with E-state index >= 15 is 0 Å². The molecule has 0 aliphatic heterocycles. The van der Waals surface area contributed by atoms with E-state index in [9.17, 15) is 9.90 Å². The summed E-state index contributed by atoms with van der Waals surface area (Å²) in [6.45, 7) is 7.74. The second-order valence-corrected chi connectivity index (χ2v) is 5.13. The average Bonchev–Trinajstić information content (AvgIpc) is 2.37. The summed E-state index contributed by atoms with van der Waals surface area (Å²) in [4.78, 5) is 11.8. The predicted octanol–water partition coefficient (Wildman–Crippen LogP) is 1.90. The van der Waals surface area contributed by atoms with Gasteiger partial charge in [-0.15, -0.1) is 0 Å². The van der Waals surface area contributed by atoms with Crippen LogP contribution in [-0.4, -0.2) is 29.8 Å². The molecule has 1 aromatic carbocycles. The topological polar surface area (TPSA) is 58.6 Å². The van der Waals surface area contributed by atoms with Gasteiger partial charge >= 0.3 is 0 Å². The lowest BCUT2D eigenvalue weighted by atomic mass is 10.1. The van der Waals surface area contributed by atoms with E-state index in [0.29, 0.717) is 5.75 Å². The number of rotatable bonds is 6. The zero-order valence-electron chi connectivity index (χ0n) is 12.0. The first-order valence-corrected chi connectivity index (χ1v) is 6.59. The molecule has 0 bridgehead atoms. The monoisotopic (exact) mass is 265 g/mol. The van der Waals surface area contributed by atoms with E-state index in [1.165, 1.54) is 0 Å². The third-order valence-electron chi connectivity index (χ3n) is 2.96. The van der Waals surface area contributed by atoms with E-state index in [0.717, 1.165) is 5.56 Å². The molecule has 2 atom stereocenters. The number of aliphatic hydroxyl groups excluding tert-OH is 1. The molecule has 0 fully saturated rings. The summed E-state index contributed by atoms with van der Waals surface area (Å²) in [5.74, 6) is 0.562. The van der Waals surface area contributed by atoms with E-state index in [1.54, 1.807) is 6.92 Å². The minimum Gasteiger partial charge on any atom is -0.481 e. The quantitative estimate of drug-likeness (QED) is 0.826. The number of amides is 1. The van der Waals surface area contributed by atoms with Crippen molar-refractivity contribution in [2.24, 2.45) is 5.92 Å². The maximum atomic E-state index is 11.8. The Hall–Kier alpha value is -1.55. The van der Waals surface area contributed by atoms with Gasteiger partial charge in [0.1, 0.15) is 5.75 Å². The van der Waals surface area contributed by atoms with Crippen LogP contribution in [0.3, 0.4) is 0 Å². The number of hydrogen-bond acceptors (Lipinski definition) is 3. The van der Waals surface area contributed by atoms with Crippen LogP contribution in [0.1, 0.15) is 26.3 Å². The van der Waals surface area contributed by atoms with Crippen LogP contribution < -0.4 is 10.1 Å². The normalized spacial score (nSPS) is 14.0. The Kier molecular flexibility index (Phi) is 5.83. The molecule has 0 saturated carbocycles. The molecule has 2 unspecified atom stereocenters. The fourth-order valence-electron chi connectivity index (χ4n) is 1.46. The largest absolute Gasteiger partial charge is 0.481 e. The zero-order chi connectivity index (χ0) is 14.4. The highest BCUT2D eigenvalue weighted by Gasteiger charge is 2.16. The van der Waals surface area contributed by atoms with Crippen molar-refractivity contribution in [3.05, 3.63) is 29.8 Å². The summed E-state index contributed by atoms with van der Waals surface area (Å²) >= 11 is 0. The van der Waals surface area contributed by atoms with Crippen LogP contribution in [0.5, 0.6) is 5.75 Å². The Labute approximate surface area is 114 Å². The molecule has 106 valence electrons. The summed E-state index contributed by atoms with van der Waals surface area (Å²) in [6.07, 6.45) is -1.11. The lowest BCUT2D eigenvalue weighted by Gasteiger charge is -2.18. The Morgan fingerprint density at radius 1 is 1.26 bits per heavy atom. The third-order valence-corrected chi connectivity index (χ3v) is 2.96. The second-order valence-electron chi connectivity index (χ2n) is 5.13. The summed E-state index contributed by atoms with van der Waals surface area (Å²) in [7, 11) is 0. The van der Waals surface area contributed by atoms with Crippen LogP contribution >= 0.6 is 0 Å². The van der Waals surface area contributed by atoms with Gasteiger partial charge < -0.3 is 15.2 Å². The molecule has 1 amide bonds. The van der Waals surface area contributed by atoms with Crippen molar-refractivity contribution in [3.8, 4) is 5.75 Å². The molecule has 0 aliphatic rings. The van der Waals surface area contributed by atoms with Crippen molar-refractivity contribution >= 4 is 5.91 Å². The maximum Gasteiger partial charge on any atom is 0.260 e. The number of carbonyl (C=O) groups is 1. The first kappa shape index (κ1) is 15.5. The predicted molar refractivity (Wildman–Crippen MR) is 75.1 cm³/mol. The van der Waals surface area contributed by atoms with Crippen LogP contribution in [0.4, 0.5) is 0 Å². The molecular formula is C15H23NO3. The first-order chi connectivity index (χ1) is 8.90. The van der Waals surface area contributed by atoms with Crippen LogP contribution in [0.25, 0.3) is 0 Å². The highest BCUT2D eigenvalue weighted by Crippen LogP contribution is 2.13. The molecule has 19 heavy (non-hydrogen) atoms. The summed E-state index contributed by atoms with van der Waals surface area (Å²) in [6, 6.07) is 7.54. The fraction of sp³-hybridized carbons (Fsp3) is 0.533. The Morgan fingerprint density at radius 2 is 1.84 bits per heavy atom. The fourth-order valence-corrected chi connectivity index (χ4v) is 1.46. The van der Waals surface area contributed by atoms with Gasteiger partial charge in [0.05, 0.1) is 6.10 Å². The Bertz CT molecular complexity index is 400. The first-order valence-electron chi connectivity index (χ1n) is 6.59. The molecular weight excluding hydrogens is 242 g/mol. The van der Waals surface area contributed by atoms with Gasteiger partial charge in [0.25, 0.3) is 5.91 Å². The van der Waals surface area contributed by atoms with Crippen molar-refractivity contribution in [2.45, 2.75) is 39.9 Å². The van der Waals surface area contributed by atoms with Crippen molar-refractivity contribution in [3.63, 3.8) is 0 Å². The third kappa shape index (κ3) is 5.30. The average molecular weight is 265 g/mol. The van der Waals surface area contributed by atoms with E-state index in [4.69, 9.17) is 4.74 Å². The van der Waals surface area contributed by atoms with Crippen LogP contribution in [0.2, 0.25) is 0 Å². The van der Waals surface area contributed by atoms with Crippen molar-refractivity contribution in [1.29, 1.82) is 0 Å². The minimum atomic E-state index is -0.581. The highest BCUT2D eigenvalue weighted by molar-refractivity contribution is 5.80. The van der Waals surface area contributed by atoms with E-state index in [-0.39, 0.29) is 18.4 Å². The molecule has 0 heterocycles. The molecule has 2 N–H and O–H groups in total. The molecule has 4 nitrogen and oxygen atoms in total. The Balaban J connectivity index is 2.42. The molecule has 0 aliphatic carbocycles. The highest BCUT2D eigenvalue weighted by atomic mass is 16.5. The van der Waals surface area contributed by atoms with E-state index in [2.05, 4.69) is 5.32 Å². The van der Waals surface area contributed by atoms with E-state index in [1.807, 2.05) is 45.0 Å². The molecule has 4 heteroatoms.